The van der Waals surface area contributed by atoms with Gasteiger partial charge in [0, 0.05) is 12.8 Å². The number of amides is 1. The molecule has 4 rings (SSSR count). The summed E-state index contributed by atoms with van der Waals surface area (Å²) in [5.41, 5.74) is 3.16. The Bertz CT molecular complexity index is 911. The molecule has 0 aromatic heterocycles. The molecule has 3 aromatic rings. The molecule has 1 saturated heterocycles. The van der Waals surface area contributed by atoms with Crippen LogP contribution in [0.5, 0.6) is 0 Å². The molecule has 1 aliphatic heterocycles. The van der Waals surface area contributed by atoms with Gasteiger partial charge in [0.15, 0.2) is 0 Å². The Labute approximate surface area is 166 Å². The second-order valence-corrected chi connectivity index (χ2v) is 7.45. The Morgan fingerprint density at radius 1 is 0.786 bits per heavy atom. The van der Waals surface area contributed by atoms with Crippen LogP contribution in [0.25, 0.3) is 0 Å². The van der Waals surface area contributed by atoms with Crippen LogP contribution in [0.15, 0.2) is 91.0 Å². The van der Waals surface area contributed by atoms with Gasteiger partial charge < -0.3 is 10.0 Å². The number of rotatable bonds is 3. The monoisotopic (exact) mass is 371 g/mol. The molecular weight excluding hydrogens is 346 g/mol. The number of nitrogens with zero attached hydrogens (tertiary/aromatic N) is 1. The van der Waals surface area contributed by atoms with Crippen LogP contribution in [0.1, 0.15) is 48.0 Å². The Kier molecular flexibility index (Phi) is 5.27. The van der Waals surface area contributed by atoms with Crippen LogP contribution in [0.2, 0.25) is 0 Å². The zero-order valence-electron chi connectivity index (χ0n) is 16.0. The maximum absolute atomic E-state index is 12.9. The lowest BCUT2D eigenvalue weighted by molar-refractivity contribution is -0.140. The van der Waals surface area contributed by atoms with Gasteiger partial charge in [-0.1, -0.05) is 91.0 Å². The maximum atomic E-state index is 12.9. The van der Waals surface area contributed by atoms with Gasteiger partial charge >= 0.3 is 0 Å². The number of likely N-dealkylation sites (tertiary alicyclic amines) is 1. The molecule has 28 heavy (non-hydrogen) atoms. The van der Waals surface area contributed by atoms with Crippen LogP contribution in [0.4, 0.5) is 0 Å². The largest absolute Gasteiger partial charge is 0.392 e. The summed E-state index contributed by atoms with van der Waals surface area (Å²) in [5, 5.41) is 11.2. The van der Waals surface area contributed by atoms with E-state index in [4.69, 9.17) is 0 Å². The van der Waals surface area contributed by atoms with Crippen molar-refractivity contribution in [1.82, 2.24) is 4.90 Å². The Morgan fingerprint density at radius 3 is 1.75 bits per heavy atom. The van der Waals surface area contributed by atoms with Crippen LogP contribution >= 0.6 is 0 Å². The number of benzene rings is 3. The van der Waals surface area contributed by atoms with E-state index in [0.29, 0.717) is 6.42 Å². The third kappa shape index (κ3) is 3.46. The minimum atomic E-state index is -0.548. The molecule has 142 valence electrons. The molecule has 0 radical (unpaired) electrons. The predicted molar refractivity (Wildman–Crippen MR) is 111 cm³/mol. The van der Waals surface area contributed by atoms with E-state index in [1.54, 1.807) is 6.92 Å². The predicted octanol–water partition coefficient (Wildman–Crippen LogP) is 4.87. The third-order valence-corrected chi connectivity index (χ3v) is 5.73. The van der Waals surface area contributed by atoms with E-state index >= 15 is 0 Å². The van der Waals surface area contributed by atoms with Crippen molar-refractivity contribution in [2.24, 2.45) is 0 Å². The minimum absolute atomic E-state index is 0.0236. The smallest absolute Gasteiger partial charge is 0.220 e. The molecule has 0 spiro atoms. The summed E-state index contributed by atoms with van der Waals surface area (Å²) in [5.74, 6) is -0.150. The van der Waals surface area contributed by atoms with Crippen molar-refractivity contribution < 1.29 is 9.90 Å². The summed E-state index contributed by atoms with van der Waals surface area (Å²) in [6.07, 6.45) is -0.0274. The standard InChI is InChI=1S/C25H25NO2/c1-18(27)26-22(19-11-5-2-6-12-19)17-23(28)24(20-13-7-3-8-14-20)25(26)21-15-9-4-10-16-21/h2-16,22-25,28H,17H2,1H3/t22-,23-,24+,25-/m0/s1. The normalized spacial score (nSPS) is 24.7. The molecule has 1 amide bonds. The zero-order chi connectivity index (χ0) is 19.5. The van der Waals surface area contributed by atoms with Gasteiger partial charge in [-0.25, -0.2) is 0 Å². The number of aliphatic hydroxyl groups is 1. The van der Waals surface area contributed by atoms with Crippen molar-refractivity contribution in [2.45, 2.75) is 37.5 Å². The summed E-state index contributed by atoms with van der Waals surface area (Å²) >= 11 is 0. The minimum Gasteiger partial charge on any atom is -0.392 e. The summed E-state index contributed by atoms with van der Waals surface area (Å²) in [6.45, 7) is 1.63. The van der Waals surface area contributed by atoms with Crippen LogP contribution in [-0.2, 0) is 4.79 Å². The first-order valence-electron chi connectivity index (χ1n) is 9.78. The molecule has 3 nitrogen and oxygen atoms in total. The lowest BCUT2D eigenvalue weighted by Gasteiger charge is -2.49. The highest BCUT2D eigenvalue weighted by Crippen LogP contribution is 2.49. The molecule has 1 aliphatic rings. The number of aliphatic hydroxyl groups excluding tert-OH is 1. The summed E-state index contributed by atoms with van der Waals surface area (Å²) in [7, 11) is 0. The molecule has 3 aromatic carbocycles. The Morgan fingerprint density at radius 2 is 1.25 bits per heavy atom. The fourth-order valence-corrected chi connectivity index (χ4v) is 4.55. The van der Waals surface area contributed by atoms with E-state index in [1.165, 1.54) is 0 Å². The Balaban J connectivity index is 1.86. The number of hydrogen-bond acceptors (Lipinski definition) is 2. The molecule has 1 N–H and O–H groups in total. The van der Waals surface area contributed by atoms with Crippen LogP contribution in [-0.4, -0.2) is 22.0 Å². The van der Waals surface area contributed by atoms with Gasteiger partial charge in [0.05, 0.1) is 18.2 Å². The highest BCUT2D eigenvalue weighted by molar-refractivity contribution is 5.75. The van der Waals surface area contributed by atoms with Crippen LogP contribution < -0.4 is 0 Å². The average molecular weight is 371 g/mol. The van der Waals surface area contributed by atoms with E-state index in [9.17, 15) is 9.90 Å². The van der Waals surface area contributed by atoms with Gasteiger partial charge in [-0.3, -0.25) is 4.79 Å². The van der Waals surface area contributed by atoms with E-state index in [2.05, 4.69) is 12.1 Å². The quantitative estimate of drug-likeness (QED) is 0.714. The Hall–Kier alpha value is -2.91. The molecule has 3 heteroatoms. The number of hydrogen-bond donors (Lipinski definition) is 1. The molecular formula is C25H25NO2. The van der Waals surface area contributed by atoms with Crippen molar-refractivity contribution in [3.8, 4) is 0 Å². The van der Waals surface area contributed by atoms with Crippen molar-refractivity contribution in [1.29, 1.82) is 0 Å². The molecule has 0 unspecified atom stereocenters. The fourth-order valence-electron chi connectivity index (χ4n) is 4.55. The lowest BCUT2D eigenvalue weighted by Crippen LogP contribution is -2.48. The number of piperidine rings is 1. The van der Waals surface area contributed by atoms with Gasteiger partial charge in [-0.2, -0.15) is 0 Å². The topological polar surface area (TPSA) is 40.5 Å². The van der Waals surface area contributed by atoms with Crippen LogP contribution in [0.3, 0.4) is 0 Å². The first-order chi connectivity index (χ1) is 13.7. The SMILES string of the molecule is CC(=O)N1[C@H](c2ccccc2)C[C@H](O)[C@@H](c2ccccc2)[C@@H]1c1ccccc1. The molecule has 1 heterocycles. The van der Waals surface area contributed by atoms with E-state index in [0.717, 1.165) is 16.7 Å². The highest BCUT2D eigenvalue weighted by Gasteiger charge is 2.45. The summed E-state index contributed by atoms with van der Waals surface area (Å²) < 4.78 is 0. The van der Waals surface area contributed by atoms with Crippen molar-refractivity contribution in [3.05, 3.63) is 108 Å². The summed E-state index contributed by atoms with van der Waals surface area (Å²) in [6, 6.07) is 29.8. The first kappa shape index (κ1) is 18.5. The maximum Gasteiger partial charge on any atom is 0.220 e. The molecule has 1 fully saturated rings. The van der Waals surface area contributed by atoms with Crippen molar-refractivity contribution >= 4 is 5.91 Å². The number of carbonyl (C=O) groups is 1. The fraction of sp³-hybridized carbons (Fsp3) is 0.240. The second-order valence-electron chi connectivity index (χ2n) is 7.45. The van der Waals surface area contributed by atoms with Gasteiger partial charge in [0.25, 0.3) is 0 Å². The summed E-state index contributed by atoms with van der Waals surface area (Å²) in [4.78, 5) is 14.9. The van der Waals surface area contributed by atoms with E-state index in [1.807, 2.05) is 83.8 Å². The molecule has 0 saturated carbocycles. The highest BCUT2D eigenvalue weighted by atomic mass is 16.3. The number of carbonyl (C=O) groups excluding carboxylic acids is 1. The lowest BCUT2D eigenvalue weighted by atomic mass is 9.74. The molecule has 0 aliphatic carbocycles. The molecule has 0 bridgehead atoms. The van der Waals surface area contributed by atoms with Gasteiger partial charge in [-0.15, -0.1) is 0 Å². The van der Waals surface area contributed by atoms with Gasteiger partial charge in [0.1, 0.15) is 0 Å². The van der Waals surface area contributed by atoms with Gasteiger partial charge in [0.2, 0.25) is 5.91 Å². The van der Waals surface area contributed by atoms with Crippen molar-refractivity contribution in [3.63, 3.8) is 0 Å². The van der Waals surface area contributed by atoms with Gasteiger partial charge in [-0.05, 0) is 23.1 Å². The zero-order valence-corrected chi connectivity index (χ0v) is 16.0. The molecule has 4 atom stereocenters. The average Bonchev–Trinajstić information content (AvgIpc) is 2.74. The van der Waals surface area contributed by atoms with E-state index in [-0.39, 0.29) is 23.9 Å². The third-order valence-electron chi connectivity index (χ3n) is 5.73. The first-order valence-corrected chi connectivity index (χ1v) is 9.78. The van der Waals surface area contributed by atoms with E-state index < -0.39 is 6.10 Å². The second kappa shape index (κ2) is 7.99. The van der Waals surface area contributed by atoms with Crippen molar-refractivity contribution in [2.75, 3.05) is 0 Å². The van der Waals surface area contributed by atoms with Crippen LogP contribution in [0, 0.1) is 0 Å².